The van der Waals surface area contributed by atoms with Gasteiger partial charge in [-0.25, -0.2) is 4.39 Å². The van der Waals surface area contributed by atoms with E-state index in [1.54, 1.807) is 0 Å². The Hall–Kier alpha value is -0.150. The minimum absolute atomic E-state index is 0.0567. The highest BCUT2D eigenvalue weighted by Crippen LogP contribution is 2.09. The first-order chi connectivity index (χ1) is 3.80. The highest BCUT2D eigenvalue weighted by Gasteiger charge is 2.22. The van der Waals surface area contributed by atoms with Crippen LogP contribution in [0.3, 0.4) is 0 Å². The number of halogens is 1. The topological polar surface area (TPSA) is 29.5 Å². The summed E-state index contributed by atoms with van der Waals surface area (Å²) in [7, 11) is 0. The van der Waals surface area contributed by atoms with Crippen LogP contribution in [0.15, 0.2) is 0 Å². The number of rotatable bonds is 0. The summed E-state index contributed by atoms with van der Waals surface area (Å²) in [5.41, 5.74) is 0. The number of ether oxygens (including phenoxy) is 1. The number of aliphatic hydroxyl groups is 1. The lowest BCUT2D eigenvalue weighted by molar-refractivity contribution is -0.0493. The van der Waals surface area contributed by atoms with E-state index < -0.39 is 12.3 Å². The highest BCUT2D eigenvalue weighted by molar-refractivity contribution is 4.70. The van der Waals surface area contributed by atoms with Crippen LogP contribution in [-0.2, 0) is 4.74 Å². The van der Waals surface area contributed by atoms with Crippen LogP contribution >= 0.6 is 0 Å². The Labute approximate surface area is 47.3 Å². The second-order valence-corrected chi connectivity index (χ2v) is 1.95. The molecular formula is C5H9FO2. The van der Waals surface area contributed by atoms with E-state index in [4.69, 9.17) is 9.84 Å². The van der Waals surface area contributed by atoms with E-state index in [1.807, 2.05) is 0 Å². The molecule has 0 bridgehead atoms. The van der Waals surface area contributed by atoms with Crippen molar-refractivity contribution in [3.05, 3.63) is 0 Å². The van der Waals surface area contributed by atoms with Crippen molar-refractivity contribution in [1.29, 1.82) is 0 Å². The lowest BCUT2D eigenvalue weighted by atomic mass is 10.1. The first-order valence-corrected chi connectivity index (χ1v) is 2.70. The van der Waals surface area contributed by atoms with E-state index in [0.29, 0.717) is 13.0 Å². The van der Waals surface area contributed by atoms with Crippen molar-refractivity contribution in [1.82, 2.24) is 0 Å². The fourth-order valence-electron chi connectivity index (χ4n) is 0.692. The van der Waals surface area contributed by atoms with Crippen molar-refractivity contribution < 1.29 is 14.2 Å². The van der Waals surface area contributed by atoms with Crippen molar-refractivity contribution in [3.63, 3.8) is 0 Å². The summed E-state index contributed by atoms with van der Waals surface area (Å²) in [5, 5.41) is 8.72. The molecule has 1 N–H and O–H groups in total. The third-order valence-corrected chi connectivity index (χ3v) is 1.25. The Bertz CT molecular complexity index is 66.8. The summed E-state index contributed by atoms with van der Waals surface area (Å²) >= 11 is 0. The standard InChI is InChI=1S/C5H9FO2/c6-4-3-8-2-1-5(4)7/h4-5,7H,1-3H2/t4-,5+/m0/s1. The molecule has 1 saturated heterocycles. The molecule has 0 aromatic rings. The maximum atomic E-state index is 12.2. The zero-order valence-electron chi connectivity index (χ0n) is 4.51. The first kappa shape index (κ1) is 5.98. The molecule has 2 nitrogen and oxygen atoms in total. The third kappa shape index (κ3) is 1.17. The third-order valence-electron chi connectivity index (χ3n) is 1.25. The van der Waals surface area contributed by atoms with Crippen LogP contribution in [0, 0.1) is 0 Å². The van der Waals surface area contributed by atoms with E-state index in [1.165, 1.54) is 0 Å². The van der Waals surface area contributed by atoms with E-state index in [-0.39, 0.29) is 6.61 Å². The monoisotopic (exact) mass is 120 g/mol. The fourth-order valence-corrected chi connectivity index (χ4v) is 0.692. The van der Waals surface area contributed by atoms with Crippen molar-refractivity contribution >= 4 is 0 Å². The SMILES string of the molecule is O[C@@H]1CCOC[C@@H]1F. The molecule has 2 atom stereocenters. The largest absolute Gasteiger partial charge is 0.390 e. The van der Waals surface area contributed by atoms with Crippen LogP contribution in [0.5, 0.6) is 0 Å². The molecule has 0 aromatic heterocycles. The molecular weight excluding hydrogens is 111 g/mol. The molecule has 0 amide bonds. The number of alkyl halides is 1. The average Bonchev–Trinajstić information content (AvgIpc) is 1.77. The summed E-state index contributed by atoms with van der Waals surface area (Å²) in [6.45, 7) is 0.544. The second-order valence-electron chi connectivity index (χ2n) is 1.95. The van der Waals surface area contributed by atoms with Gasteiger partial charge in [-0.2, -0.15) is 0 Å². The molecule has 0 unspecified atom stereocenters. The van der Waals surface area contributed by atoms with E-state index in [2.05, 4.69) is 0 Å². The van der Waals surface area contributed by atoms with Crippen molar-refractivity contribution in [2.45, 2.75) is 18.7 Å². The van der Waals surface area contributed by atoms with Crippen LogP contribution in [-0.4, -0.2) is 30.6 Å². The molecule has 1 rings (SSSR count). The van der Waals surface area contributed by atoms with Crippen LogP contribution in [0.2, 0.25) is 0 Å². The zero-order valence-corrected chi connectivity index (χ0v) is 4.51. The van der Waals surface area contributed by atoms with Gasteiger partial charge in [-0.1, -0.05) is 0 Å². The Kier molecular flexibility index (Phi) is 1.81. The van der Waals surface area contributed by atoms with E-state index in [0.717, 1.165) is 0 Å². The molecule has 1 aliphatic rings. The van der Waals surface area contributed by atoms with Gasteiger partial charge in [0.2, 0.25) is 0 Å². The van der Waals surface area contributed by atoms with Crippen molar-refractivity contribution in [2.75, 3.05) is 13.2 Å². The van der Waals surface area contributed by atoms with Gasteiger partial charge in [-0.15, -0.1) is 0 Å². The molecule has 0 saturated carbocycles. The number of hydrogen-bond acceptors (Lipinski definition) is 2. The predicted octanol–water partition coefficient (Wildman–Crippen LogP) is 0.106. The maximum absolute atomic E-state index is 12.2. The van der Waals surface area contributed by atoms with Gasteiger partial charge in [0.25, 0.3) is 0 Å². The lowest BCUT2D eigenvalue weighted by Gasteiger charge is -2.20. The summed E-state index contributed by atoms with van der Waals surface area (Å²) in [6, 6.07) is 0. The molecule has 8 heavy (non-hydrogen) atoms. The quantitative estimate of drug-likeness (QED) is 0.491. The summed E-state index contributed by atoms with van der Waals surface area (Å²) < 4.78 is 16.9. The summed E-state index contributed by atoms with van der Waals surface area (Å²) in [5.74, 6) is 0. The van der Waals surface area contributed by atoms with Crippen molar-refractivity contribution in [2.24, 2.45) is 0 Å². The Morgan fingerprint density at radius 2 is 2.38 bits per heavy atom. The minimum Gasteiger partial charge on any atom is -0.390 e. The molecule has 48 valence electrons. The molecule has 0 radical (unpaired) electrons. The van der Waals surface area contributed by atoms with Gasteiger partial charge in [0.05, 0.1) is 12.7 Å². The van der Waals surface area contributed by atoms with Crippen molar-refractivity contribution in [3.8, 4) is 0 Å². The maximum Gasteiger partial charge on any atom is 0.149 e. The molecule has 0 aromatic carbocycles. The molecule has 1 fully saturated rings. The second kappa shape index (κ2) is 2.42. The normalized spacial score (nSPS) is 39.8. The van der Waals surface area contributed by atoms with Crippen LogP contribution in [0.1, 0.15) is 6.42 Å². The van der Waals surface area contributed by atoms with Crippen LogP contribution in [0.4, 0.5) is 4.39 Å². The Morgan fingerprint density at radius 1 is 1.62 bits per heavy atom. The lowest BCUT2D eigenvalue weighted by Crippen LogP contribution is -2.32. The molecule has 0 spiro atoms. The van der Waals surface area contributed by atoms with Gasteiger partial charge in [0.15, 0.2) is 0 Å². The Morgan fingerprint density at radius 3 is 2.75 bits per heavy atom. The van der Waals surface area contributed by atoms with Gasteiger partial charge >= 0.3 is 0 Å². The van der Waals surface area contributed by atoms with E-state index in [9.17, 15) is 4.39 Å². The fraction of sp³-hybridized carbons (Fsp3) is 1.00. The summed E-state index contributed by atoms with van der Waals surface area (Å²) in [6.07, 6.45) is -1.52. The smallest absolute Gasteiger partial charge is 0.149 e. The molecule has 1 aliphatic heterocycles. The van der Waals surface area contributed by atoms with Gasteiger partial charge in [-0.05, 0) is 6.42 Å². The number of aliphatic hydroxyl groups excluding tert-OH is 1. The molecule has 3 heteroatoms. The van der Waals surface area contributed by atoms with Gasteiger partial charge < -0.3 is 9.84 Å². The summed E-state index contributed by atoms with van der Waals surface area (Å²) in [4.78, 5) is 0. The van der Waals surface area contributed by atoms with Gasteiger partial charge in [0, 0.05) is 6.61 Å². The van der Waals surface area contributed by atoms with Crippen LogP contribution in [0.25, 0.3) is 0 Å². The average molecular weight is 120 g/mol. The zero-order chi connectivity index (χ0) is 5.98. The first-order valence-electron chi connectivity index (χ1n) is 2.70. The molecule has 0 aliphatic carbocycles. The number of hydrogen-bond donors (Lipinski definition) is 1. The minimum atomic E-state index is -1.16. The van der Waals surface area contributed by atoms with Gasteiger partial charge in [-0.3, -0.25) is 0 Å². The highest BCUT2D eigenvalue weighted by atomic mass is 19.1. The van der Waals surface area contributed by atoms with Crippen LogP contribution < -0.4 is 0 Å². The predicted molar refractivity (Wildman–Crippen MR) is 26.3 cm³/mol. The van der Waals surface area contributed by atoms with E-state index >= 15 is 0 Å². The van der Waals surface area contributed by atoms with Gasteiger partial charge in [0.1, 0.15) is 6.17 Å². The Balaban J connectivity index is 2.28. The molecule has 1 heterocycles.